The van der Waals surface area contributed by atoms with Gasteiger partial charge in [0.05, 0.1) is 18.6 Å². The Morgan fingerprint density at radius 2 is 1.62 bits per heavy atom. The minimum Gasteiger partial charge on any atom is -0.497 e. The van der Waals surface area contributed by atoms with Crippen LogP contribution in [0, 0.1) is 5.82 Å². The highest BCUT2D eigenvalue weighted by atomic mass is 35.5. The number of hydrogen-bond donors (Lipinski definition) is 0. The van der Waals surface area contributed by atoms with E-state index in [1.54, 1.807) is 12.1 Å². The summed E-state index contributed by atoms with van der Waals surface area (Å²) in [6, 6.07) is 12.0. The van der Waals surface area contributed by atoms with Crippen LogP contribution in [0.15, 0.2) is 42.5 Å². The summed E-state index contributed by atoms with van der Waals surface area (Å²) in [5, 5.41) is -0.552. The van der Waals surface area contributed by atoms with Crippen molar-refractivity contribution in [3.63, 3.8) is 0 Å². The SMILES string of the molecule is COc1ccc(C(Cl)c2ccc(OC(C)C)cc2)c(F)c1. The minimum atomic E-state index is -0.552. The fourth-order valence-corrected chi connectivity index (χ4v) is 2.33. The number of methoxy groups -OCH3 is 1. The molecule has 0 saturated heterocycles. The minimum absolute atomic E-state index is 0.113. The molecule has 2 aromatic carbocycles. The molecule has 0 aliphatic carbocycles. The van der Waals surface area contributed by atoms with Gasteiger partial charge in [-0.3, -0.25) is 0 Å². The second kappa shape index (κ2) is 6.81. The number of halogens is 2. The Balaban J connectivity index is 2.21. The van der Waals surface area contributed by atoms with E-state index < -0.39 is 5.38 Å². The Labute approximate surface area is 129 Å². The van der Waals surface area contributed by atoms with Crippen molar-refractivity contribution in [1.29, 1.82) is 0 Å². The van der Waals surface area contributed by atoms with E-state index in [4.69, 9.17) is 21.1 Å². The summed E-state index contributed by atoms with van der Waals surface area (Å²) in [4.78, 5) is 0. The van der Waals surface area contributed by atoms with Gasteiger partial charge in [-0.1, -0.05) is 18.2 Å². The van der Waals surface area contributed by atoms with E-state index in [2.05, 4.69) is 0 Å². The highest BCUT2D eigenvalue weighted by Crippen LogP contribution is 2.33. The summed E-state index contributed by atoms with van der Waals surface area (Å²) >= 11 is 6.37. The van der Waals surface area contributed by atoms with Crippen LogP contribution < -0.4 is 9.47 Å². The third-order valence-electron chi connectivity index (χ3n) is 3.03. The summed E-state index contributed by atoms with van der Waals surface area (Å²) in [5.41, 5.74) is 1.24. The van der Waals surface area contributed by atoms with Gasteiger partial charge in [0.15, 0.2) is 0 Å². The number of alkyl halides is 1. The van der Waals surface area contributed by atoms with Crippen molar-refractivity contribution in [3.05, 3.63) is 59.4 Å². The molecule has 0 fully saturated rings. The smallest absolute Gasteiger partial charge is 0.131 e. The first-order valence-electron chi connectivity index (χ1n) is 6.75. The molecule has 1 unspecified atom stereocenters. The number of hydrogen-bond acceptors (Lipinski definition) is 2. The number of ether oxygens (including phenoxy) is 2. The van der Waals surface area contributed by atoms with E-state index in [9.17, 15) is 4.39 Å². The normalized spacial score (nSPS) is 12.3. The molecule has 0 saturated carbocycles. The molecular weight excluding hydrogens is 291 g/mol. The topological polar surface area (TPSA) is 18.5 Å². The zero-order chi connectivity index (χ0) is 15.4. The first kappa shape index (κ1) is 15.6. The Kier molecular flexibility index (Phi) is 5.07. The van der Waals surface area contributed by atoms with Crippen molar-refractivity contribution in [1.82, 2.24) is 0 Å². The van der Waals surface area contributed by atoms with Crippen LogP contribution in [0.3, 0.4) is 0 Å². The van der Waals surface area contributed by atoms with Gasteiger partial charge in [-0.15, -0.1) is 11.6 Å². The van der Waals surface area contributed by atoms with Crippen LogP contribution >= 0.6 is 11.6 Å². The van der Waals surface area contributed by atoms with Gasteiger partial charge in [-0.05, 0) is 37.6 Å². The zero-order valence-corrected chi connectivity index (χ0v) is 13.0. The number of rotatable bonds is 5. The van der Waals surface area contributed by atoms with Crippen molar-refractivity contribution in [2.45, 2.75) is 25.3 Å². The van der Waals surface area contributed by atoms with Gasteiger partial charge in [0.25, 0.3) is 0 Å². The van der Waals surface area contributed by atoms with Gasteiger partial charge in [0.1, 0.15) is 17.3 Å². The van der Waals surface area contributed by atoms with E-state index in [1.807, 2.05) is 38.1 Å². The molecule has 0 N–H and O–H groups in total. The second-order valence-corrected chi connectivity index (χ2v) is 5.42. The lowest BCUT2D eigenvalue weighted by Gasteiger charge is -2.14. The Bertz CT molecular complexity index is 596. The van der Waals surface area contributed by atoms with E-state index in [-0.39, 0.29) is 11.9 Å². The van der Waals surface area contributed by atoms with Crippen molar-refractivity contribution < 1.29 is 13.9 Å². The second-order valence-electron chi connectivity index (χ2n) is 4.99. The zero-order valence-electron chi connectivity index (χ0n) is 12.3. The van der Waals surface area contributed by atoms with Gasteiger partial charge in [0.2, 0.25) is 0 Å². The molecule has 0 heterocycles. The van der Waals surface area contributed by atoms with Gasteiger partial charge >= 0.3 is 0 Å². The van der Waals surface area contributed by atoms with Crippen LogP contribution in [0.1, 0.15) is 30.4 Å². The lowest BCUT2D eigenvalue weighted by Crippen LogP contribution is -2.05. The van der Waals surface area contributed by atoms with E-state index in [0.717, 1.165) is 11.3 Å². The molecule has 0 amide bonds. The third-order valence-corrected chi connectivity index (χ3v) is 3.51. The summed E-state index contributed by atoms with van der Waals surface area (Å²) in [5.74, 6) is 0.866. The van der Waals surface area contributed by atoms with Gasteiger partial charge < -0.3 is 9.47 Å². The van der Waals surface area contributed by atoms with Crippen LogP contribution in [-0.4, -0.2) is 13.2 Å². The highest BCUT2D eigenvalue weighted by Gasteiger charge is 2.16. The van der Waals surface area contributed by atoms with Crippen LogP contribution in [0.5, 0.6) is 11.5 Å². The van der Waals surface area contributed by atoms with Crippen LogP contribution in [0.2, 0.25) is 0 Å². The average Bonchev–Trinajstić information content (AvgIpc) is 2.46. The molecule has 2 nitrogen and oxygen atoms in total. The molecule has 21 heavy (non-hydrogen) atoms. The maximum absolute atomic E-state index is 14.0. The first-order valence-corrected chi connectivity index (χ1v) is 7.19. The van der Waals surface area contributed by atoms with Crippen molar-refractivity contribution in [2.75, 3.05) is 7.11 Å². The Hall–Kier alpha value is -1.74. The van der Waals surface area contributed by atoms with Crippen LogP contribution in [-0.2, 0) is 0 Å². The molecule has 0 spiro atoms. The first-order chi connectivity index (χ1) is 10.0. The van der Waals surface area contributed by atoms with E-state index >= 15 is 0 Å². The molecule has 0 radical (unpaired) electrons. The van der Waals surface area contributed by atoms with E-state index in [1.165, 1.54) is 13.2 Å². The lowest BCUT2D eigenvalue weighted by molar-refractivity contribution is 0.242. The third kappa shape index (κ3) is 3.88. The highest BCUT2D eigenvalue weighted by molar-refractivity contribution is 6.22. The Morgan fingerprint density at radius 3 is 2.14 bits per heavy atom. The summed E-state index contributed by atoms with van der Waals surface area (Å²) < 4.78 is 24.6. The molecule has 2 aromatic rings. The fourth-order valence-electron chi connectivity index (χ4n) is 2.01. The number of benzene rings is 2. The van der Waals surface area contributed by atoms with Crippen molar-refractivity contribution >= 4 is 11.6 Å². The van der Waals surface area contributed by atoms with Gasteiger partial charge in [-0.25, -0.2) is 4.39 Å². The predicted molar refractivity (Wildman–Crippen MR) is 82.9 cm³/mol. The molecular formula is C17H18ClFO2. The van der Waals surface area contributed by atoms with Crippen LogP contribution in [0.4, 0.5) is 4.39 Å². The monoisotopic (exact) mass is 308 g/mol. The lowest BCUT2D eigenvalue weighted by atomic mass is 10.0. The van der Waals surface area contributed by atoms with Gasteiger partial charge in [0, 0.05) is 11.6 Å². The largest absolute Gasteiger partial charge is 0.497 e. The maximum Gasteiger partial charge on any atom is 0.131 e. The Morgan fingerprint density at radius 1 is 1.00 bits per heavy atom. The van der Waals surface area contributed by atoms with Crippen molar-refractivity contribution in [3.8, 4) is 11.5 Å². The molecule has 1 atom stereocenters. The standard InChI is InChI=1S/C17H18ClFO2/c1-11(2)21-13-6-4-12(5-7-13)17(18)15-9-8-14(20-3)10-16(15)19/h4-11,17H,1-3H3. The fraction of sp³-hybridized carbons (Fsp3) is 0.294. The summed E-state index contributed by atoms with van der Waals surface area (Å²) in [6.45, 7) is 3.93. The molecule has 0 bridgehead atoms. The quantitative estimate of drug-likeness (QED) is 0.728. The van der Waals surface area contributed by atoms with E-state index in [0.29, 0.717) is 11.3 Å². The summed E-state index contributed by atoms with van der Waals surface area (Å²) in [6.07, 6.45) is 0.113. The summed E-state index contributed by atoms with van der Waals surface area (Å²) in [7, 11) is 1.50. The molecule has 4 heteroatoms. The average molecular weight is 309 g/mol. The molecule has 0 aliphatic rings. The molecule has 0 aliphatic heterocycles. The van der Waals surface area contributed by atoms with Gasteiger partial charge in [-0.2, -0.15) is 0 Å². The predicted octanol–water partition coefficient (Wildman–Crippen LogP) is 4.95. The molecule has 2 rings (SSSR count). The molecule has 112 valence electrons. The maximum atomic E-state index is 14.0. The van der Waals surface area contributed by atoms with Crippen LogP contribution in [0.25, 0.3) is 0 Å². The van der Waals surface area contributed by atoms with Crippen molar-refractivity contribution in [2.24, 2.45) is 0 Å². The molecule has 0 aromatic heterocycles.